The van der Waals surface area contributed by atoms with Crippen molar-refractivity contribution in [2.24, 2.45) is 16.7 Å². The Hall–Kier alpha value is -3.31. The summed E-state index contributed by atoms with van der Waals surface area (Å²) in [6, 6.07) is 23.2. The number of ketones is 1. The number of aromatic nitrogens is 1. The predicted molar refractivity (Wildman–Crippen MR) is 219 cm³/mol. The molecule has 3 heterocycles. The first-order valence-electron chi connectivity index (χ1n) is 18.7. The van der Waals surface area contributed by atoms with E-state index < -0.39 is 0 Å². The number of nitrogens with zero attached hydrogens (tertiary/aromatic N) is 1. The molecule has 279 valence electrons. The van der Waals surface area contributed by atoms with Crippen molar-refractivity contribution in [3.8, 4) is 11.3 Å². The molecule has 6 aromatic rings. The van der Waals surface area contributed by atoms with Crippen molar-refractivity contribution in [3.63, 3.8) is 0 Å². The summed E-state index contributed by atoms with van der Waals surface area (Å²) < 4.78 is 8.67. The van der Waals surface area contributed by atoms with E-state index in [1.807, 2.05) is 59.1 Å². The minimum atomic E-state index is -0.337. The van der Waals surface area contributed by atoms with Gasteiger partial charge in [0.25, 0.3) is 0 Å². The van der Waals surface area contributed by atoms with E-state index in [1.54, 1.807) is 0 Å². The number of benzene rings is 3. The summed E-state index contributed by atoms with van der Waals surface area (Å²) in [5.41, 5.74) is 3.78. The standard InChI is InChI=1S/C31H28NOS.C15H28O2.Ir/c1-18(2)14-21-17-25-27(33-21)11-10-23-24-12-13-32-28(30(24)34-29(23)25)20-15-19-8-6-7-9-22(19)26(16-20)31(3,4)5;1-7-14(5,8-2)12(16)11-13(17)15(6,9-3)10-4;/h6-13,16-18H,14H2,1-5H3;11,16H,7-10H2,1-6H3;/q-1;;/b;12-11-;. The van der Waals surface area contributed by atoms with Crippen LogP contribution < -0.4 is 0 Å². The van der Waals surface area contributed by atoms with Crippen LogP contribution in [-0.2, 0) is 36.7 Å². The summed E-state index contributed by atoms with van der Waals surface area (Å²) in [6.07, 6.45) is 7.65. The number of hydrogen-bond donors (Lipinski definition) is 1. The van der Waals surface area contributed by atoms with Gasteiger partial charge < -0.3 is 9.52 Å². The fraction of sp³-hybridized carbons (Fsp3) is 0.435. The van der Waals surface area contributed by atoms with Gasteiger partial charge in [-0.1, -0.05) is 105 Å². The van der Waals surface area contributed by atoms with Gasteiger partial charge in [-0.3, -0.25) is 9.78 Å². The second kappa shape index (κ2) is 16.4. The zero-order chi connectivity index (χ0) is 37.3. The van der Waals surface area contributed by atoms with Gasteiger partial charge in [-0.25, -0.2) is 0 Å². The number of furan rings is 1. The maximum atomic E-state index is 12.2. The van der Waals surface area contributed by atoms with Crippen molar-refractivity contribution in [1.29, 1.82) is 0 Å². The largest absolute Gasteiger partial charge is 0.512 e. The Morgan fingerprint density at radius 2 is 1.48 bits per heavy atom. The van der Waals surface area contributed by atoms with Gasteiger partial charge in [-0.05, 0) is 66.7 Å². The number of allylic oxidation sites excluding steroid dienone is 2. The van der Waals surface area contributed by atoms with Crippen molar-refractivity contribution in [2.75, 3.05) is 0 Å². The number of pyridine rings is 1. The van der Waals surface area contributed by atoms with E-state index in [-0.39, 0.29) is 47.9 Å². The molecule has 0 bridgehead atoms. The maximum absolute atomic E-state index is 12.2. The quantitative estimate of drug-likeness (QED) is 0.0845. The Bertz CT molecular complexity index is 2210. The molecule has 0 unspecified atom stereocenters. The molecule has 1 N–H and O–H groups in total. The third-order valence-corrected chi connectivity index (χ3v) is 12.4. The summed E-state index contributed by atoms with van der Waals surface area (Å²) in [6.45, 7) is 23.4. The number of fused-ring (bicyclic) bond motifs is 6. The molecule has 3 aromatic carbocycles. The number of hydrogen-bond acceptors (Lipinski definition) is 5. The van der Waals surface area contributed by atoms with E-state index >= 15 is 0 Å². The van der Waals surface area contributed by atoms with Crippen LogP contribution in [0.2, 0.25) is 0 Å². The van der Waals surface area contributed by atoms with Gasteiger partial charge in [-0.2, -0.15) is 0 Å². The van der Waals surface area contributed by atoms with Gasteiger partial charge in [0.15, 0.2) is 5.78 Å². The normalized spacial score (nSPS) is 12.8. The summed E-state index contributed by atoms with van der Waals surface area (Å²) in [4.78, 5) is 17.1. The maximum Gasteiger partial charge on any atom is 0.164 e. The average molecular weight is 895 g/mol. The van der Waals surface area contributed by atoms with Crippen LogP contribution in [0, 0.1) is 22.8 Å². The van der Waals surface area contributed by atoms with E-state index in [4.69, 9.17) is 9.40 Å². The Balaban J connectivity index is 0.000000289. The van der Waals surface area contributed by atoms with Crippen LogP contribution in [0.3, 0.4) is 0 Å². The first kappa shape index (κ1) is 41.4. The van der Waals surface area contributed by atoms with E-state index in [0.717, 1.165) is 60.1 Å². The zero-order valence-corrected chi connectivity index (χ0v) is 36.1. The van der Waals surface area contributed by atoms with E-state index in [0.29, 0.717) is 5.92 Å². The number of thiophene rings is 1. The van der Waals surface area contributed by atoms with Gasteiger partial charge in [0.2, 0.25) is 0 Å². The number of carbonyl (C=O) groups excluding carboxylic acids is 1. The molecule has 6 rings (SSSR count). The fourth-order valence-electron chi connectivity index (χ4n) is 6.68. The first-order chi connectivity index (χ1) is 24.1. The van der Waals surface area contributed by atoms with E-state index in [1.165, 1.54) is 42.6 Å². The molecule has 0 saturated carbocycles. The van der Waals surface area contributed by atoms with E-state index in [9.17, 15) is 9.90 Å². The Kier molecular flexibility index (Phi) is 13.0. The topological polar surface area (TPSA) is 63.3 Å². The van der Waals surface area contributed by atoms with Crippen LogP contribution in [0.25, 0.3) is 53.2 Å². The number of rotatable bonds is 10. The molecule has 52 heavy (non-hydrogen) atoms. The monoisotopic (exact) mass is 895 g/mol. The van der Waals surface area contributed by atoms with Crippen molar-refractivity contribution in [3.05, 3.63) is 90.0 Å². The molecule has 0 amide bonds. The van der Waals surface area contributed by atoms with Gasteiger partial charge >= 0.3 is 0 Å². The van der Waals surface area contributed by atoms with Crippen molar-refractivity contribution in [2.45, 2.75) is 114 Å². The van der Waals surface area contributed by atoms with Crippen LogP contribution in [0.4, 0.5) is 0 Å². The third kappa shape index (κ3) is 8.25. The molecule has 1 radical (unpaired) electrons. The molecular formula is C46H56IrNO3S-. The van der Waals surface area contributed by atoms with Crippen molar-refractivity contribution >= 4 is 59.0 Å². The van der Waals surface area contributed by atoms with Crippen LogP contribution in [0.5, 0.6) is 0 Å². The van der Waals surface area contributed by atoms with Crippen molar-refractivity contribution in [1.82, 2.24) is 4.98 Å². The summed E-state index contributed by atoms with van der Waals surface area (Å²) in [7, 11) is 0. The molecular weight excluding hydrogens is 839 g/mol. The molecule has 0 aliphatic carbocycles. The van der Waals surface area contributed by atoms with Gasteiger partial charge in [0, 0.05) is 75.5 Å². The summed E-state index contributed by atoms with van der Waals surface area (Å²) in [5.74, 6) is 1.91. The fourth-order valence-corrected chi connectivity index (χ4v) is 7.99. The Labute approximate surface area is 328 Å². The average Bonchev–Trinajstić information content (AvgIpc) is 3.70. The molecule has 0 aliphatic heterocycles. The Morgan fingerprint density at radius 3 is 2.10 bits per heavy atom. The van der Waals surface area contributed by atoms with Crippen LogP contribution in [0.15, 0.2) is 77.0 Å². The molecule has 6 heteroatoms. The molecule has 0 atom stereocenters. The molecule has 3 aromatic heterocycles. The SMILES string of the molecule is CC(C)Cc1cc2c(ccc3c4ccnc(-c5[c-]c6ccccc6c(C(C)(C)C)c5)c4sc23)o1.CCC(C)(CC)C(=O)/C=C(\O)C(C)(CC)CC.[Ir]. The smallest absolute Gasteiger partial charge is 0.164 e. The number of carbonyl (C=O) groups is 1. The van der Waals surface area contributed by atoms with Crippen LogP contribution in [-0.4, -0.2) is 15.9 Å². The van der Waals surface area contributed by atoms with Gasteiger partial charge in [0.05, 0.1) is 0 Å². The second-order valence-corrected chi connectivity index (χ2v) is 17.1. The van der Waals surface area contributed by atoms with Crippen LogP contribution >= 0.6 is 11.3 Å². The van der Waals surface area contributed by atoms with Gasteiger partial charge in [0.1, 0.15) is 17.1 Å². The summed E-state index contributed by atoms with van der Waals surface area (Å²) in [5, 5.41) is 16.3. The Morgan fingerprint density at radius 1 is 0.846 bits per heavy atom. The summed E-state index contributed by atoms with van der Waals surface area (Å²) >= 11 is 1.82. The van der Waals surface area contributed by atoms with Crippen LogP contribution in [0.1, 0.15) is 113 Å². The van der Waals surface area contributed by atoms with Crippen molar-refractivity contribution < 1.29 is 34.4 Å². The second-order valence-electron chi connectivity index (χ2n) is 16.1. The molecule has 0 aliphatic rings. The molecule has 0 saturated heterocycles. The third-order valence-electron chi connectivity index (χ3n) is 11.2. The minimum Gasteiger partial charge on any atom is -0.512 e. The molecule has 0 fully saturated rings. The zero-order valence-electron chi connectivity index (χ0n) is 32.9. The predicted octanol–water partition coefficient (Wildman–Crippen LogP) is 14.0. The van der Waals surface area contributed by atoms with Gasteiger partial charge in [-0.15, -0.1) is 40.5 Å². The molecule has 4 nitrogen and oxygen atoms in total. The minimum absolute atomic E-state index is 0. The molecule has 0 spiro atoms. The number of aliphatic hydroxyl groups is 1. The number of aliphatic hydroxyl groups excluding tert-OH is 1. The van der Waals surface area contributed by atoms with E-state index in [2.05, 4.69) is 95.3 Å². The first-order valence-corrected chi connectivity index (χ1v) is 19.5.